The smallest absolute Gasteiger partial charge is 0.136 e. The van der Waals surface area contributed by atoms with E-state index in [1.165, 1.54) is 0 Å². The van der Waals surface area contributed by atoms with Crippen molar-refractivity contribution >= 4 is 0 Å². The highest BCUT2D eigenvalue weighted by Gasteiger charge is 2.49. The Balaban J connectivity index is 1.59. The molecular weight excluding hydrogens is 234 g/mol. The van der Waals surface area contributed by atoms with Gasteiger partial charge in [-0.3, -0.25) is 16.1 Å². The van der Waals surface area contributed by atoms with Crippen LogP contribution in [0.2, 0.25) is 0 Å². The summed E-state index contributed by atoms with van der Waals surface area (Å²) in [5, 5.41) is 8.85. The quantitative estimate of drug-likeness (QED) is 0.338. The molecule has 4 rings (SSSR count). The number of furan rings is 1. The lowest BCUT2D eigenvalue weighted by atomic mass is 10.0. The summed E-state index contributed by atoms with van der Waals surface area (Å²) in [6.45, 7) is 0.894. The second-order valence-electron chi connectivity index (χ2n) is 4.87. The molecule has 8 heteroatoms. The van der Waals surface area contributed by atoms with Gasteiger partial charge in [0.05, 0.1) is 18.6 Å². The van der Waals surface area contributed by atoms with E-state index in [-0.39, 0.29) is 24.8 Å². The average Bonchev–Trinajstić information content (AvgIpc) is 3.08. The van der Waals surface area contributed by atoms with Gasteiger partial charge in [0.25, 0.3) is 0 Å². The van der Waals surface area contributed by atoms with Crippen LogP contribution in [0.15, 0.2) is 22.8 Å². The van der Waals surface area contributed by atoms with Crippen molar-refractivity contribution in [2.75, 3.05) is 6.54 Å². The first-order chi connectivity index (χ1) is 8.83. The van der Waals surface area contributed by atoms with Crippen molar-refractivity contribution in [3.63, 3.8) is 0 Å². The highest BCUT2D eigenvalue weighted by atomic mass is 16.3. The monoisotopic (exact) mass is 251 g/mol. The maximum atomic E-state index is 6.11. The Morgan fingerprint density at radius 3 is 3.17 bits per heavy atom. The van der Waals surface area contributed by atoms with Crippen molar-refractivity contribution in [2.24, 2.45) is 11.7 Å². The highest BCUT2D eigenvalue weighted by molar-refractivity contribution is 5.08. The Morgan fingerprint density at radius 2 is 2.33 bits per heavy atom. The second kappa shape index (κ2) is 4.00. The van der Waals surface area contributed by atoms with Crippen LogP contribution in [0.25, 0.3) is 0 Å². The van der Waals surface area contributed by atoms with Crippen molar-refractivity contribution < 1.29 is 4.42 Å². The minimum absolute atomic E-state index is 0.0304. The van der Waals surface area contributed by atoms with Crippen LogP contribution < -0.4 is 32.6 Å². The fourth-order valence-electron chi connectivity index (χ4n) is 2.94. The van der Waals surface area contributed by atoms with Crippen molar-refractivity contribution in [3.05, 3.63) is 24.2 Å². The number of nitrogens with zero attached hydrogens (tertiary/aromatic N) is 1. The first kappa shape index (κ1) is 10.9. The molecule has 0 spiro atoms. The van der Waals surface area contributed by atoms with Crippen molar-refractivity contribution in [3.8, 4) is 0 Å². The normalized spacial score (nSPS) is 43.9. The first-order valence-electron chi connectivity index (χ1n) is 6.17. The molecule has 0 radical (unpaired) electrons. The van der Waals surface area contributed by atoms with Crippen LogP contribution >= 0.6 is 0 Å². The summed E-state index contributed by atoms with van der Waals surface area (Å²) in [6, 6.07) is 3.83. The molecule has 3 saturated heterocycles. The predicted molar refractivity (Wildman–Crippen MR) is 62.9 cm³/mol. The summed E-state index contributed by atoms with van der Waals surface area (Å²) in [5.74, 6) is 1.27. The summed E-state index contributed by atoms with van der Waals surface area (Å²) < 4.78 is 5.43. The van der Waals surface area contributed by atoms with Gasteiger partial charge < -0.3 is 10.2 Å². The zero-order valence-corrected chi connectivity index (χ0v) is 9.76. The molecule has 18 heavy (non-hydrogen) atoms. The number of nitrogens with two attached hydrogens (primary N) is 1. The molecule has 3 fully saturated rings. The van der Waals surface area contributed by atoms with E-state index in [1.807, 2.05) is 17.1 Å². The number of hydrazine groups is 2. The van der Waals surface area contributed by atoms with Crippen LogP contribution in [0.1, 0.15) is 11.9 Å². The third kappa shape index (κ3) is 1.52. The van der Waals surface area contributed by atoms with Crippen LogP contribution in [0.4, 0.5) is 0 Å². The van der Waals surface area contributed by atoms with E-state index in [4.69, 9.17) is 10.2 Å². The summed E-state index contributed by atoms with van der Waals surface area (Å²) in [6.07, 6.45) is 1.76. The second-order valence-corrected chi connectivity index (χ2v) is 4.87. The molecule has 4 heterocycles. The molecule has 7 N–H and O–H groups in total. The molecule has 5 unspecified atom stereocenters. The van der Waals surface area contributed by atoms with Crippen LogP contribution in [-0.2, 0) is 0 Å². The number of hydrogen-bond acceptors (Lipinski definition) is 8. The molecule has 3 aliphatic rings. The lowest BCUT2D eigenvalue weighted by Crippen LogP contribution is -2.71. The molecule has 0 amide bonds. The van der Waals surface area contributed by atoms with Crippen LogP contribution in [0, 0.1) is 5.92 Å². The van der Waals surface area contributed by atoms with E-state index in [2.05, 4.69) is 26.9 Å². The standard InChI is InChI=1S/C10H17N7O/c11-10-14-7-5(4-12-15-7)9-13-8(16-17(9)10)6-2-1-3-18-6/h1-3,5,7-10,12-16H,4,11H2. The van der Waals surface area contributed by atoms with Gasteiger partial charge in [0.15, 0.2) is 0 Å². The molecule has 0 bridgehead atoms. The highest BCUT2D eigenvalue weighted by Crippen LogP contribution is 2.27. The summed E-state index contributed by atoms with van der Waals surface area (Å²) in [5.41, 5.74) is 15.8. The van der Waals surface area contributed by atoms with Gasteiger partial charge >= 0.3 is 0 Å². The van der Waals surface area contributed by atoms with E-state index in [1.54, 1.807) is 6.26 Å². The molecule has 1 aromatic rings. The van der Waals surface area contributed by atoms with Gasteiger partial charge in [-0.05, 0) is 12.1 Å². The summed E-state index contributed by atoms with van der Waals surface area (Å²) in [7, 11) is 0. The predicted octanol–water partition coefficient (Wildman–Crippen LogP) is -2.09. The van der Waals surface area contributed by atoms with Gasteiger partial charge in [0.2, 0.25) is 0 Å². The molecule has 8 nitrogen and oxygen atoms in total. The summed E-state index contributed by atoms with van der Waals surface area (Å²) >= 11 is 0. The Labute approximate surface area is 104 Å². The molecule has 1 aromatic heterocycles. The fourth-order valence-corrected chi connectivity index (χ4v) is 2.94. The largest absolute Gasteiger partial charge is 0.466 e. The Bertz CT molecular complexity index is 424. The molecule has 0 aromatic carbocycles. The Kier molecular flexibility index (Phi) is 2.42. The minimum Gasteiger partial charge on any atom is -0.466 e. The van der Waals surface area contributed by atoms with Crippen LogP contribution in [0.3, 0.4) is 0 Å². The number of hydrogen-bond donors (Lipinski definition) is 6. The van der Waals surface area contributed by atoms with Gasteiger partial charge in [0.1, 0.15) is 18.2 Å². The number of fused-ring (bicyclic) bond motifs is 3. The van der Waals surface area contributed by atoms with Crippen LogP contribution in [-0.4, -0.2) is 30.2 Å². The number of nitrogens with one attached hydrogen (secondary N) is 5. The maximum Gasteiger partial charge on any atom is 0.136 e. The van der Waals surface area contributed by atoms with E-state index in [9.17, 15) is 0 Å². The first-order valence-corrected chi connectivity index (χ1v) is 6.17. The lowest BCUT2D eigenvalue weighted by Gasteiger charge is -2.41. The SMILES string of the molecule is NC1NC2NNCC2C2NC(c3ccco3)NN12. The van der Waals surface area contributed by atoms with Gasteiger partial charge in [0, 0.05) is 12.5 Å². The number of rotatable bonds is 1. The third-order valence-corrected chi connectivity index (χ3v) is 3.82. The van der Waals surface area contributed by atoms with E-state index >= 15 is 0 Å². The molecule has 98 valence electrons. The van der Waals surface area contributed by atoms with Gasteiger partial charge in [-0.1, -0.05) is 0 Å². The van der Waals surface area contributed by atoms with Gasteiger partial charge in [-0.15, -0.1) is 0 Å². The summed E-state index contributed by atoms with van der Waals surface area (Å²) in [4.78, 5) is 0. The van der Waals surface area contributed by atoms with Crippen LogP contribution in [0.5, 0.6) is 0 Å². The van der Waals surface area contributed by atoms with Gasteiger partial charge in [-0.25, -0.2) is 10.9 Å². The Hall–Kier alpha value is -1.00. The molecule has 0 aliphatic carbocycles. The molecule has 3 aliphatic heterocycles. The zero-order chi connectivity index (χ0) is 12.1. The average molecular weight is 251 g/mol. The lowest BCUT2D eigenvalue weighted by molar-refractivity contribution is 0.00211. The van der Waals surface area contributed by atoms with Crippen molar-refractivity contribution in [1.29, 1.82) is 0 Å². The zero-order valence-electron chi connectivity index (χ0n) is 9.76. The molecule has 5 atom stereocenters. The Morgan fingerprint density at radius 1 is 1.39 bits per heavy atom. The fraction of sp³-hybridized carbons (Fsp3) is 0.600. The minimum atomic E-state index is -0.240. The molecule has 0 saturated carbocycles. The van der Waals surface area contributed by atoms with E-state index in [0.29, 0.717) is 5.92 Å². The van der Waals surface area contributed by atoms with Crippen molar-refractivity contribution in [1.82, 2.24) is 31.9 Å². The van der Waals surface area contributed by atoms with E-state index < -0.39 is 0 Å². The molecular formula is C10H17N7O. The van der Waals surface area contributed by atoms with Crippen molar-refractivity contribution in [2.45, 2.75) is 24.8 Å². The topological polar surface area (TPSA) is 103 Å². The van der Waals surface area contributed by atoms with Gasteiger partial charge in [-0.2, -0.15) is 5.01 Å². The third-order valence-electron chi connectivity index (χ3n) is 3.82. The van der Waals surface area contributed by atoms with E-state index in [0.717, 1.165) is 12.3 Å². The maximum absolute atomic E-state index is 6.11.